The standard InChI is InChI=1S/C13H7BFNO/c14-10-5-4-8-6-7-16(9-2-1-3-9)13(17)11(8)12(10)15/h1,4-7H,2H2. The summed E-state index contributed by atoms with van der Waals surface area (Å²) in [6, 6.07) is 4.81. The summed E-state index contributed by atoms with van der Waals surface area (Å²) >= 11 is 0. The Labute approximate surface area is 98.1 Å². The van der Waals surface area contributed by atoms with Crippen molar-refractivity contribution < 1.29 is 4.39 Å². The number of benzene rings is 1. The third kappa shape index (κ3) is 1.38. The molecule has 2 nitrogen and oxygen atoms in total. The van der Waals surface area contributed by atoms with Crippen molar-refractivity contribution in [2.45, 2.75) is 6.42 Å². The molecule has 1 aliphatic rings. The van der Waals surface area contributed by atoms with E-state index in [2.05, 4.69) is 5.73 Å². The Morgan fingerprint density at radius 2 is 2.12 bits per heavy atom. The molecule has 0 atom stereocenters. The van der Waals surface area contributed by atoms with E-state index < -0.39 is 5.82 Å². The van der Waals surface area contributed by atoms with Crippen molar-refractivity contribution in [2.75, 3.05) is 0 Å². The van der Waals surface area contributed by atoms with Crippen LogP contribution in [0, 0.1) is 5.82 Å². The van der Waals surface area contributed by atoms with E-state index in [1.807, 2.05) is 6.08 Å². The van der Waals surface area contributed by atoms with E-state index in [1.165, 1.54) is 10.6 Å². The zero-order valence-corrected chi connectivity index (χ0v) is 8.90. The fourth-order valence-corrected chi connectivity index (χ4v) is 1.88. The van der Waals surface area contributed by atoms with Gasteiger partial charge in [-0.3, -0.25) is 9.36 Å². The number of hydrogen-bond acceptors (Lipinski definition) is 1. The van der Waals surface area contributed by atoms with Crippen LogP contribution in [0.25, 0.3) is 16.5 Å². The Morgan fingerprint density at radius 1 is 1.35 bits per heavy atom. The molecule has 17 heavy (non-hydrogen) atoms. The Kier molecular flexibility index (Phi) is 2.07. The van der Waals surface area contributed by atoms with Gasteiger partial charge in [-0.2, -0.15) is 0 Å². The molecule has 0 saturated heterocycles. The van der Waals surface area contributed by atoms with Crippen molar-refractivity contribution >= 4 is 29.8 Å². The first kappa shape index (κ1) is 10.1. The normalized spacial score (nSPS) is 13.6. The van der Waals surface area contributed by atoms with E-state index in [0.717, 1.165) is 5.70 Å². The van der Waals surface area contributed by atoms with Crippen molar-refractivity contribution in [1.29, 1.82) is 0 Å². The molecule has 1 aliphatic carbocycles. The average Bonchev–Trinajstić information content (AvgIpc) is 2.24. The van der Waals surface area contributed by atoms with Crippen molar-refractivity contribution in [3.63, 3.8) is 0 Å². The molecule has 0 N–H and O–H groups in total. The molecule has 2 aromatic rings. The maximum Gasteiger partial charge on any atom is 0.266 e. The number of allylic oxidation sites excluding steroid dienone is 1. The minimum atomic E-state index is -0.647. The highest BCUT2D eigenvalue weighted by Crippen LogP contribution is 2.17. The Hall–Kier alpha value is -2.06. The Balaban J connectivity index is 2.45. The van der Waals surface area contributed by atoms with Gasteiger partial charge in [0.2, 0.25) is 0 Å². The number of aromatic nitrogens is 1. The maximum absolute atomic E-state index is 13.8. The van der Waals surface area contributed by atoms with Crippen LogP contribution in [-0.2, 0) is 0 Å². The third-order valence-electron chi connectivity index (χ3n) is 2.89. The lowest BCUT2D eigenvalue weighted by molar-refractivity contribution is 0.646. The summed E-state index contributed by atoms with van der Waals surface area (Å²) in [4.78, 5) is 12.1. The molecule has 1 aromatic carbocycles. The van der Waals surface area contributed by atoms with Crippen LogP contribution in [0.5, 0.6) is 0 Å². The fraction of sp³-hybridized carbons (Fsp3) is 0.0769. The molecule has 1 heterocycles. The lowest BCUT2D eigenvalue weighted by Crippen LogP contribution is -2.23. The molecule has 0 amide bonds. The molecule has 3 rings (SSSR count). The van der Waals surface area contributed by atoms with Crippen LogP contribution >= 0.6 is 0 Å². The number of fused-ring (bicyclic) bond motifs is 1. The lowest BCUT2D eigenvalue weighted by atomic mass is 9.93. The van der Waals surface area contributed by atoms with E-state index >= 15 is 0 Å². The van der Waals surface area contributed by atoms with Crippen molar-refractivity contribution in [1.82, 2.24) is 4.57 Å². The van der Waals surface area contributed by atoms with Gasteiger partial charge in [-0.15, -0.1) is 5.73 Å². The molecule has 1 aromatic heterocycles. The molecule has 4 heteroatoms. The van der Waals surface area contributed by atoms with Gasteiger partial charge < -0.3 is 0 Å². The van der Waals surface area contributed by atoms with E-state index in [4.69, 9.17) is 7.85 Å². The molecule has 0 unspecified atom stereocenters. The van der Waals surface area contributed by atoms with Crippen LogP contribution in [0.3, 0.4) is 0 Å². The number of nitrogens with zero attached hydrogens (tertiary/aromatic N) is 1. The topological polar surface area (TPSA) is 22.0 Å². The van der Waals surface area contributed by atoms with Crippen LogP contribution in [0.4, 0.5) is 4.39 Å². The monoisotopic (exact) mass is 223 g/mol. The summed E-state index contributed by atoms with van der Waals surface area (Å²) in [5, 5.41) is 0.593. The predicted molar refractivity (Wildman–Crippen MR) is 66.0 cm³/mol. The number of halogens is 1. The quantitative estimate of drug-likeness (QED) is 0.528. The summed E-state index contributed by atoms with van der Waals surface area (Å²) in [7, 11) is 5.48. The fourth-order valence-electron chi connectivity index (χ4n) is 1.88. The first-order chi connectivity index (χ1) is 8.18. The second kappa shape index (κ2) is 3.47. The second-order valence-electron chi connectivity index (χ2n) is 3.92. The number of pyridine rings is 1. The minimum Gasteiger partial charge on any atom is -0.280 e. The second-order valence-corrected chi connectivity index (χ2v) is 3.92. The van der Waals surface area contributed by atoms with Gasteiger partial charge in [0, 0.05) is 12.6 Å². The highest BCUT2D eigenvalue weighted by Gasteiger charge is 2.12. The summed E-state index contributed by atoms with van der Waals surface area (Å²) in [6.45, 7) is 0. The molecule has 0 bridgehead atoms. The Morgan fingerprint density at radius 3 is 2.76 bits per heavy atom. The molecule has 0 fully saturated rings. The third-order valence-corrected chi connectivity index (χ3v) is 2.89. The smallest absolute Gasteiger partial charge is 0.266 e. The van der Waals surface area contributed by atoms with Crippen LogP contribution in [0.1, 0.15) is 6.42 Å². The first-order valence-corrected chi connectivity index (χ1v) is 5.22. The number of rotatable bonds is 1. The number of hydrogen-bond donors (Lipinski definition) is 0. The minimum absolute atomic E-state index is 0.00881. The molecule has 0 aliphatic heterocycles. The molecule has 2 radical (unpaired) electrons. The predicted octanol–water partition coefficient (Wildman–Crippen LogP) is 1.33. The lowest BCUT2D eigenvalue weighted by Gasteiger charge is -2.12. The molecule has 0 spiro atoms. The van der Waals surface area contributed by atoms with Gasteiger partial charge in [0.25, 0.3) is 5.56 Å². The van der Waals surface area contributed by atoms with Gasteiger partial charge in [0.15, 0.2) is 0 Å². The molecule has 0 saturated carbocycles. The van der Waals surface area contributed by atoms with Gasteiger partial charge in [0.05, 0.1) is 11.1 Å². The Bertz CT molecular complexity index is 754. The SMILES string of the molecule is [B]c1ccc2ccn(C3=C=CC3)c(=O)c2c1F. The van der Waals surface area contributed by atoms with Crippen molar-refractivity contribution in [3.8, 4) is 0 Å². The zero-order valence-electron chi connectivity index (χ0n) is 8.90. The zero-order chi connectivity index (χ0) is 12.0. The van der Waals surface area contributed by atoms with E-state index in [-0.39, 0.29) is 16.4 Å². The van der Waals surface area contributed by atoms with E-state index in [0.29, 0.717) is 11.8 Å². The van der Waals surface area contributed by atoms with Crippen molar-refractivity contribution in [2.24, 2.45) is 0 Å². The summed E-state index contributed by atoms with van der Waals surface area (Å²) in [5.41, 5.74) is 3.26. The van der Waals surface area contributed by atoms with Crippen molar-refractivity contribution in [3.05, 3.63) is 52.4 Å². The molecular weight excluding hydrogens is 216 g/mol. The van der Waals surface area contributed by atoms with Crippen LogP contribution in [0.2, 0.25) is 0 Å². The van der Waals surface area contributed by atoms with Gasteiger partial charge in [-0.05, 0) is 17.5 Å². The van der Waals surface area contributed by atoms with Crippen LogP contribution in [0.15, 0.2) is 41.0 Å². The summed E-state index contributed by atoms with van der Waals surface area (Å²) < 4.78 is 15.3. The highest BCUT2D eigenvalue weighted by molar-refractivity contribution is 6.33. The van der Waals surface area contributed by atoms with Gasteiger partial charge in [0.1, 0.15) is 13.7 Å². The molecular formula is C13H7BFNO. The first-order valence-electron chi connectivity index (χ1n) is 5.22. The maximum atomic E-state index is 13.8. The van der Waals surface area contributed by atoms with Crippen LogP contribution in [-0.4, -0.2) is 12.4 Å². The highest BCUT2D eigenvalue weighted by atomic mass is 19.1. The largest absolute Gasteiger partial charge is 0.280 e. The van der Waals surface area contributed by atoms with Gasteiger partial charge >= 0.3 is 0 Å². The average molecular weight is 223 g/mol. The summed E-state index contributed by atoms with van der Waals surface area (Å²) in [6.07, 6.45) is 4.13. The van der Waals surface area contributed by atoms with E-state index in [1.54, 1.807) is 18.3 Å². The summed E-state index contributed by atoms with van der Waals surface area (Å²) in [5.74, 6) is -0.647. The van der Waals surface area contributed by atoms with E-state index in [9.17, 15) is 9.18 Å². The van der Waals surface area contributed by atoms with Gasteiger partial charge in [-0.25, -0.2) is 4.39 Å². The molecule has 80 valence electrons. The van der Waals surface area contributed by atoms with Gasteiger partial charge in [-0.1, -0.05) is 17.6 Å². The van der Waals surface area contributed by atoms with Crippen LogP contribution < -0.4 is 11.0 Å².